The molecule has 0 fully saturated rings. The summed E-state index contributed by atoms with van der Waals surface area (Å²) in [4.78, 5) is 13.8. The smallest absolute Gasteiger partial charge is 0.449 e. The molecule has 0 radical (unpaired) electrons. The number of benzene rings is 4. The zero-order valence-electron chi connectivity index (χ0n) is 23.7. The second kappa shape index (κ2) is 11.5. The van der Waals surface area contributed by atoms with Crippen LogP contribution in [-0.4, -0.2) is 16.0 Å². The Bertz CT molecular complexity index is 1720. The summed E-state index contributed by atoms with van der Waals surface area (Å²) in [6, 6.07) is 30.1. The van der Waals surface area contributed by atoms with Gasteiger partial charge in [-0.3, -0.25) is 9.69 Å². The third-order valence-corrected chi connectivity index (χ3v) is 7.76. The Morgan fingerprint density at radius 3 is 2.17 bits per heavy atom. The lowest BCUT2D eigenvalue weighted by atomic mass is 9.83. The van der Waals surface area contributed by atoms with Crippen LogP contribution in [0.4, 0.5) is 13.2 Å². The second-order valence-corrected chi connectivity index (χ2v) is 11.2. The summed E-state index contributed by atoms with van der Waals surface area (Å²) in [5.41, 5.74) is 4.77. The Morgan fingerprint density at radius 2 is 1.50 bits per heavy atom. The number of carboxylic acids is 1. The van der Waals surface area contributed by atoms with Crippen LogP contribution in [0.15, 0.2) is 101 Å². The summed E-state index contributed by atoms with van der Waals surface area (Å²) in [5.74, 6) is -1.65. The molecule has 0 aliphatic rings. The highest BCUT2D eigenvalue weighted by Gasteiger charge is 2.35. The Balaban J connectivity index is 1.42. The highest BCUT2D eigenvalue weighted by atomic mass is 19.4. The van der Waals surface area contributed by atoms with Gasteiger partial charge in [0.15, 0.2) is 0 Å². The van der Waals surface area contributed by atoms with Crippen molar-refractivity contribution in [2.75, 3.05) is 0 Å². The molecule has 42 heavy (non-hydrogen) atoms. The SMILES string of the molecule is Cc1ccc(CN(Cc2ccc(-c3cccc(C(C)(C)C(=O)O)c3)cc2)Cc2ccc(C(F)(F)F)o2)c2ccccc12. The Labute approximate surface area is 243 Å². The van der Waals surface area contributed by atoms with Gasteiger partial charge in [0.25, 0.3) is 0 Å². The summed E-state index contributed by atoms with van der Waals surface area (Å²) in [6.45, 7) is 6.62. The Morgan fingerprint density at radius 1 is 0.786 bits per heavy atom. The van der Waals surface area contributed by atoms with Crippen LogP contribution in [0.5, 0.6) is 0 Å². The summed E-state index contributed by atoms with van der Waals surface area (Å²) < 4.78 is 44.8. The van der Waals surface area contributed by atoms with E-state index >= 15 is 0 Å². The van der Waals surface area contributed by atoms with Gasteiger partial charge in [-0.1, -0.05) is 84.9 Å². The maximum atomic E-state index is 13.2. The van der Waals surface area contributed by atoms with Crippen molar-refractivity contribution in [2.24, 2.45) is 0 Å². The molecular weight excluding hydrogens is 539 g/mol. The molecule has 1 heterocycles. The Hall–Kier alpha value is -4.36. The summed E-state index contributed by atoms with van der Waals surface area (Å²) in [6.07, 6.45) is -4.54. The largest absolute Gasteiger partial charge is 0.481 e. The van der Waals surface area contributed by atoms with Crippen molar-refractivity contribution in [3.8, 4) is 11.1 Å². The molecule has 1 N–H and O–H groups in total. The zero-order chi connectivity index (χ0) is 30.1. The quantitative estimate of drug-likeness (QED) is 0.192. The number of alkyl halides is 3. The number of furan rings is 1. The van der Waals surface area contributed by atoms with Crippen molar-refractivity contribution < 1.29 is 27.5 Å². The molecule has 0 spiro atoms. The van der Waals surface area contributed by atoms with Gasteiger partial charge in [0.2, 0.25) is 5.76 Å². The van der Waals surface area contributed by atoms with Crippen LogP contribution >= 0.6 is 0 Å². The van der Waals surface area contributed by atoms with Crippen molar-refractivity contribution in [1.29, 1.82) is 0 Å². The molecule has 1 aromatic heterocycles. The van der Waals surface area contributed by atoms with E-state index in [1.807, 2.05) is 60.7 Å². The minimum Gasteiger partial charge on any atom is -0.481 e. The molecule has 0 saturated heterocycles. The first kappa shape index (κ1) is 29.1. The van der Waals surface area contributed by atoms with E-state index in [2.05, 4.69) is 36.1 Å². The first-order valence-corrected chi connectivity index (χ1v) is 13.7. The third kappa shape index (κ3) is 6.26. The van der Waals surface area contributed by atoms with Gasteiger partial charge < -0.3 is 9.52 Å². The van der Waals surface area contributed by atoms with Crippen molar-refractivity contribution in [2.45, 2.75) is 52.0 Å². The number of fused-ring (bicyclic) bond motifs is 1. The highest BCUT2D eigenvalue weighted by molar-refractivity contribution is 5.88. The fourth-order valence-corrected chi connectivity index (χ4v) is 5.17. The molecule has 0 bridgehead atoms. The lowest BCUT2D eigenvalue weighted by molar-refractivity contribution is -0.153. The van der Waals surface area contributed by atoms with Crippen molar-refractivity contribution >= 4 is 16.7 Å². The molecule has 0 amide bonds. The molecule has 0 saturated carbocycles. The van der Waals surface area contributed by atoms with Gasteiger partial charge in [-0.05, 0) is 77.1 Å². The van der Waals surface area contributed by atoms with Gasteiger partial charge in [0.05, 0.1) is 12.0 Å². The van der Waals surface area contributed by atoms with Gasteiger partial charge in [-0.25, -0.2) is 0 Å². The van der Waals surface area contributed by atoms with E-state index in [1.54, 1.807) is 13.8 Å². The predicted octanol–water partition coefficient (Wildman–Crippen LogP) is 8.99. The van der Waals surface area contributed by atoms with Crippen LogP contribution in [0.2, 0.25) is 0 Å². The average molecular weight is 572 g/mol. The van der Waals surface area contributed by atoms with Gasteiger partial charge >= 0.3 is 12.1 Å². The van der Waals surface area contributed by atoms with Crippen LogP contribution in [0.1, 0.15) is 47.6 Å². The van der Waals surface area contributed by atoms with E-state index in [0.717, 1.165) is 44.7 Å². The number of nitrogens with zero attached hydrogens (tertiary/aromatic N) is 1. The Kier molecular flexibility index (Phi) is 7.97. The fourth-order valence-electron chi connectivity index (χ4n) is 5.17. The van der Waals surface area contributed by atoms with Gasteiger partial charge in [0.1, 0.15) is 5.76 Å². The minimum absolute atomic E-state index is 0.201. The molecule has 4 nitrogen and oxygen atoms in total. The molecule has 0 unspecified atom stereocenters. The van der Waals surface area contributed by atoms with Gasteiger partial charge in [0, 0.05) is 13.1 Å². The lowest BCUT2D eigenvalue weighted by Crippen LogP contribution is -2.28. The molecule has 0 aliphatic heterocycles. The van der Waals surface area contributed by atoms with Crippen LogP contribution in [-0.2, 0) is 36.0 Å². The van der Waals surface area contributed by atoms with E-state index in [9.17, 15) is 23.1 Å². The second-order valence-electron chi connectivity index (χ2n) is 11.2. The molecule has 0 atom stereocenters. The number of halogens is 3. The summed E-state index contributed by atoms with van der Waals surface area (Å²) in [7, 11) is 0. The number of carbonyl (C=O) groups is 1. The van der Waals surface area contributed by atoms with Crippen molar-refractivity contribution in [3.05, 3.63) is 131 Å². The average Bonchev–Trinajstić information content (AvgIpc) is 3.44. The number of rotatable bonds is 9. The first-order valence-electron chi connectivity index (χ1n) is 13.7. The third-order valence-electron chi connectivity index (χ3n) is 7.76. The van der Waals surface area contributed by atoms with Crippen LogP contribution < -0.4 is 0 Å². The monoisotopic (exact) mass is 571 g/mol. The molecule has 0 aliphatic carbocycles. The van der Waals surface area contributed by atoms with E-state index in [-0.39, 0.29) is 12.3 Å². The number of carboxylic acid groups (broad SMARTS) is 1. The van der Waals surface area contributed by atoms with E-state index < -0.39 is 23.3 Å². The van der Waals surface area contributed by atoms with Crippen LogP contribution in [0.25, 0.3) is 21.9 Å². The number of aryl methyl sites for hydroxylation is 1. The van der Waals surface area contributed by atoms with E-state index in [0.29, 0.717) is 18.7 Å². The highest BCUT2D eigenvalue weighted by Crippen LogP contribution is 2.32. The molecule has 5 aromatic rings. The van der Waals surface area contributed by atoms with Crippen molar-refractivity contribution in [1.82, 2.24) is 4.90 Å². The minimum atomic E-state index is -4.54. The zero-order valence-corrected chi connectivity index (χ0v) is 23.7. The summed E-state index contributed by atoms with van der Waals surface area (Å²) in [5, 5.41) is 11.9. The normalized spacial score (nSPS) is 12.3. The first-order chi connectivity index (χ1) is 19.9. The van der Waals surface area contributed by atoms with E-state index in [1.165, 1.54) is 6.07 Å². The molecule has 5 rings (SSSR count). The maximum Gasteiger partial charge on any atom is 0.449 e. The van der Waals surface area contributed by atoms with Gasteiger partial charge in [-0.15, -0.1) is 0 Å². The molecule has 4 aromatic carbocycles. The van der Waals surface area contributed by atoms with Crippen LogP contribution in [0.3, 0.4) is 0 Å². The van der Waals surface area contributed by atoms with Crippen LogP contribution in [0, 0.1) is 6.92 Å². The molecular formula is C35H32F3NO3. The van der Waals surface area contributed by atoms with Gasteiger partial charge in [-0.2, -0.15) is 13.2 Å². The summed E-state index contributed by atoms with van der Waals surface area (Å²) >= 11 is 0. The predicted molar refractivity (Wildman–Crippen MR) is 158 cm³/mol. The lowest BCUT2D eigenvalue weighted by Gasteiger charge is -2.23. The number of hydrogen-bond acceptors (Lipinski definition) is 3. The number of hydrogen-bond donors (Lipinski definition) is 1. The maximum absolute atomic E-state index is 13.2. The van der Waals surface area contributed by atoms with Crippen molar-refractivity contribution in [3.63, 3.8) is 0 Å². The number of aliphatic carboxylic acids is 1. The van der Waals surface area contributed by atoms with E-state index in [4.69, 9.17) is 4.42 Å². The standard InChI is InChI=1S/C35H32F3NO3/c1-23-11-14-27(31-10-5-4-9-30(23)31)21-39(22-29-17-18-32(42-29)35(36,37)38)20-24-12-15-25(16-13-24)26-7-6-8-28(19-26)34(2,3)33(40)41/h4-19H,20-22H2,1-3H3,(H,40,41). The molecule has 216 valence electrons. The topological polar surface area (TPSA) is 53.7 Å². The fraction of sp³-hybridized carbons (Fsp3) is 0.229. The molecule has 7 heteroatoms.